The lowest BCUT2D eigenvalue weighted by Gasteiger charge is -2.14. The summed E-state index contributed by atoms with van der Waals surface area (Å²) in [6.07, 6.45) is -4.47. The average molecular weight is 252 g/mol. The summed E-state index contributed by atoms with van der Waals surface area (Å²) in [7, 11) is 0. The number of aromatic nitrogens is 1. The van der Waals surface area contributed by atoms with Gasteiger partial charge in [0, 0.05) is 6.54 Å². The van der Waals surface area contributed by atoms with Crippen LogP contribution in [-0.2, 0) is 6.54 Å². The van der Waals surface area contributed by atoms with Gasteiger partial charge in [-0.15, -0.1) is 0 Å². The monoisotopic (exact) mass is 252 g/mol. The smallest absolute Gasteiger partial charge is 0.425 e. The predicted octanol–water partition coefficient (Wildman–Crippen LogP) is 2.50. The van der Waals surface area contributed by atoms with Gasteiger partial charge in [-0.2, -0.15) is 18.2 Å². The van der Waals surface area contributed by atoms with E-state index >= 15 is 0 Å². The van der Waals surface area contributed by atoms with Crippen LogP contribution in [0.5, 0.6) is 6.08 Å². The van der Waals surface area contributed by atoms with E-state index in [2.05, 4.69) is 15.0 Å². The molecule has 1 atom stereocenters. The first-order valence-electron chi connectivity index (χ1n) is 5.32. The molecule has 1 unspecified atom stereocenters. The number of rotatable bonds is 6. The Balaban J connectivity index is 2.45. The van der Waals surface area contributed by atoms with Crippen LogP contribution >= 0.6 is 0 Å². The molecule has 0 bridgehead atoms. The molecule has 1 N–H and O–H groups in total. The van der Waals surface area contributed by atoms with Crippen molar-refractivity contribution in [3.05, 3.63) is 12.0 Å². The van der Waals surface area contributed by atoms with Gasteiger partial charge in [0.1, 0.15) is 6.26 Å². The molecule has 0 aliphatic rings. The van der Waals surface area contributed by atoms with Crippen molar-refractivity contribution in [2.45, 2.75) is 39.1 Å². The van der Waals surface area contributed by atoms with E-state index in [1.807, 2.05) is 6.92 Å². The molecule has 0 saturated heterocycles. The van der Waals surface area contributed by atoms with Crippen molar-refractivity contribution in [2.24, 2.45) is 0 Å². The molecule has 0 aliphatic carbocycles. The summed E-state index contributed by atoms with van der Waals surface area (Å²) in [5.74, 6) is 0. The lowest BCUT2D eigenvalue weighted by Crippen LogP contribution is -2.31. The molecule has 0 radical (unpaired) electrons. The zero-order chi connectivity index (χ0) is 12.9. The lowest BCUT2D eigenvalue weighted by atomic mass is 10.4. The maximum atomic E-state index is 12.2. The maximum absolute atomic E-state index is 12.2. The fourth-order valence-corrected chi connectivity index (χ4v) is 1.03. The van der Waals surface area contributed by atoms with Gasteiger partial charge in [-0.3, -0.25) is 0 Å². The van der Waals surface area contributed by atoms with Crippen molar-refractivity contribution in [1.29, 1.82) is 0 Å². The SMILES string of the molecule is CCCNCc1coc(OC(C)C(F)(F)F)n1. The minimum Gasteiger partial charge on any atom is -0.437 e. The van der Waals surface area contributed by atoms with Crippen molar-refractivity contribution in [1.82, 2.24) is 10.3 Å². The van der Waals surface area contributed by atoms with Crippen molar-refractivity contribution in [2.75, 3.05) is 6.54 Å². The molecule has 1 rings (SSSR count). The lowest BCUT2D eigenvalue weighted by molar-refractivity contribution is -0.193. The Morgan fingerprint density at radius 1 is 1.53 bits per heavy atom. The Bertz CT molecular complexity index is 339. The minimum absolute atomic E-state index is 0.358. The van der Waals surface area contributed by atoms with Crippen LogP contribution in [0.2, 0.25) is 0 Å². The Morgan fingerprint density at radius 3 is 2.82 bits per heavy atom. The van der Waals surface area contributed by atoms with Crippen LogP contribution in [-0.4, -0.2) is 23.8 Å². The molecule has 1 aromatic heterocycles. The van der Waals surface area contributed by atoms with Gasteiger partial charge in [0.2, 0.25) is 0 Å². The van der Waals surface area contributed by atoms with Gasteiger partial charge >= 0.3 is 12.3 Å². The molecule has 98 valence electrons. The van der Waals surface area contributed by atoms with E-state index in [1.165, 1.54) is 6.26 Å². The average Bonchev–Trinajstić information content (AvgIpc) is 2.65. The quantitative estimate of drug-likeness (QED) is 0.790. The molecule has 0 amide bonds. The van der Waals surface area contributed by atoms with Crippen molar-refractivity contribution >= 4 is 0 Å². The van der Waals surface area contributed by atoms with Crippen molar-refractivity contribution < 1.29 is 22.3 Å². The highest BCUT2D eigenvalue weighted by Gasteiger charge is 2.39. The first-order chi connectivity index (χ1) is 7.93. The number of ether oxygens (including phenoxy) is 1. The normalized spacial score (nSPS) is 13.7. The second-order valence-corrected chi connectivity index (χ2v) is 3.58. The number of oxazole rings is 1. The third-order valence-corrected chi connectivity index (χ3v) is 2.00. The van der Waals surface area contributed by atoms with E-state index in [-0.39, 0.29) is 6.08 Å². The molecule has 0 fully saturated rings. The largest absolute Gasteiger partial charge is 0.437 e. The summed E-state index contributed by atoms with van der Waals surface area (Å²) >= 11 is 0. The molecule has 7 heteroatoms. The van der Waals surface area contributed by atoms with Gasteiger partial charge in [0.05, 0.1) is 5.69 Å². The van der Waals surface area contributed by atoms with Gasteiger partial charge < -0.3 is 14.5 Å². The molecule has 17 heavy (non-hydrogen) atoms. The molecule has 1 aromatic rings. The summed E-state index contributed by atoms with van der Waals surface area (Å²) in [5, 5.41) is 3.05. The van der Waals surface area contributed by atoms with Crippen LogP contribution < -0.4 is 10.1 Å². The summed E-state index contributed by atoms with van der Waals surface area (Å²) in [6.45, 7) is 4.16. The van der Waals surface area contributed by atoms with E-state index in [1.54, 1.807) is 0 Å². The summed E-state index contributed by atoms with van der Waals surface area (Å²) in [4.78, 5) is 3.78. The van der Waals surface area contributed by atoms with Crippen LogP contribution in [0.1, 0.15) is 26.0 Å². The van der Waals surface area contributed by atoms with E-state index in [0.717, 1.165) is 19.9 Å². The second-order valence-electron chi connectivity index (χ2n) is 3.58. The molecule has 0 saturated carbocycles. The van der Waals surface area contributed by atoms with Gasteiger partial charge in [-0.1, -0.05) is 6.92 Å². The Morgan fingerprint density at radius 2 is 2.24 bits per heavy atom. The number of halogens is 3. The van der Waals surface area contributed by atoms with Crippen molar-refractivity contribution in [3.63, 3.8) is 0 Å². The zero-order valence-electron chi connectivity index (χ0n) is 9.67. The van der Waals surface area contributed by atoms with E-state index < -0.39 is 12.3 Å². The molecule has 0 spiro atoms. The van der Waals surface area contributed by atoms with Crippen LogP contribution in [0, 0.1) is 0 Å². The summed E-state index contributed by atoms with van der Waals surface area (Å²) in [6, 6.07) is 0. The molecular weight excluding hydrogens is 237 g/mol. The maximum Gasteiger partial charge on any atom is 0.425 e. The van der Waals surface area contributed by atoms with E-state index in [0.29, 0.717) is 12.2 Å². The Labute approximate surface area is 97.2 Å². The Kier molecular flexibility index (Phi) is 4.80. The molecule has 0 aliphatic heterocycles. The van der Waals surface area contributed by atoms with Gasteiger partial charge in [-0.05, 0) is 19.9 Å². The fraction of sp³-hybridized carbons (Fsp3) is 0.700. The first kappa shape index (κ1) is 13.8. The van der Waals surface area contributed by atoms with Crippen LogP contribution in [0.25, 0.3) is 0 Å². The fourth-order valence-electron chi connectivity index (χ4n) is 1.03. The highest BCUT2D eigenvalue weighted by atomic mass is 19.4. The van der Waals surface area contributed by atoms with E-state index in [4.69, 9.17) is 4.42 Å². The molecule has 0 aromatic carbocycles. The molecule has 4 nitrogen and oxygen atoms in total. The minimum atomic E-state index is -4.42. The number of hydrogen-bond donors (Lipinski definition) is 1. The van der Waals surface area contributed by atoms with Crippen LogP contribution in [0.3, 0.4) is 0 Å². The number of nitrogens with one attached hydrogen (secondary N) is 1. The van der Waals surface area contributed by atoms with Crippen LogP contribution in [0.15, 0.2) is 10.7 Å². The molecular formula is C10H15F3N2O2. The van der Waals surface area contributed by atoms with Gasteiger partial charge in [-0.25, -0.2) is 0 Å². The highest BCUT2D eigenvalue weighted by molar-refractivity contribution is 5.00. The second kappa shape index (κ2) is 5.90. The van der Waals surface area contributed by atoms with E-state index in [9.17, 15) is 13.2 Å². The predicted molar refractivity (Wildman–Crippen MR) is 54.6 cm³/mol. The highest BCUT2D eigenvalue weighted by Crippen LogP contribution is 2.24. The van der Waals surface area contributed by atoms with Crippen molar-refractivity contribution in [3.8, 4) is 6.08 Å². The topological polar surface area (TPSA) is 47.3 Å². The standard InChI is InChI=1S/C10H15F3N2O2/c1-3-4-14-5-8-6-16-9(15-8)17-7(2)10(11,12)13/h6-7,14H,3-5H2,1-2H3. The number of hydrogen-bond acceptors (Lipinski definition) is 4. The van der Waals surface area contributed by atoms with Gasteiger partial charge in [0.25, 0.3) is 0 Å². The Hall–Kier alpha value is -1.24. The number of alkyl halides is 3. The summed E-state index contributed by atoms with van der Waals surface area (Å²) in [5.41, 5.74) is 0.517. The van der Waals surface area contributed by atoms with Crippen LogP contribution in [0.4, 0.5) is 13.2 Å². The third kappa shape index (κ3) is 4.64. The molecule has 1 heterocycles. The first-order valence-corrected chi connectivity index (χ1v) is 5.32. The third-order valence-electron chi connectivity index (χ3n) is 2.00. The summed E-state index contributed by atoms with van der Waals surface area (Å²) < 4.78 is 45.9. The van der Waals surface area contributed by atoms with Gasteiger partial charge in [0.15, 0.2) is 6.10 Å². The number of nitrogens with zero attached hydrogens (tertiary/aromatic N) is 1. The zero-order valence-corrected chi connectivity index (χ0v) is 9.67.